The number of ether oxygens (including phenoxy) is 1. The van der Waals surface area contributed by atoms with Gasteiger partial charge in [0.25, 0.3) is 0 Å². The van der Waals surface area contributed by atoms with Gasteiger partial charge in [0.05, 0.1) is 6.61 Å². The first-order chi connectivity index (χ1) is 9.74. The van der Waals surface area contributed by atoms with Crippen LogP contribution in [-0.2, 0) is 16.0 Å². The van der Waals surface area contributed by atoms with E-state index in [1.165, 1.54) is 5.56 Å². The average Bonchev–Trinajstić information content (AvgIpc) is 2.98. The predicted molar refractivity (Wildman–Crippen MR) is 89.3 cm³/mol. The summed E-state index contributed by atoms with van der Waals surface area (Å²) in [5.41, 5.74) is 1.36. The molecule has 0 saturated carbocycles. The first-order valence-electron chi connectivity index (χ1n) is 7.22. The summed E-state index contributed by atoms with van der Waals surface area (Å²) in [6.07, 6.45) is 3.52. The molecule has 1 amide bonds. The van der Waals surface area contributed by atoms with E-state index in [1.807, 2.05) is 0 Å². The Morgan fingerprint density at radius 2 is 2.24 bits per heavy atom. The Bertz CT molecular complexity index is 400. The monoisotopic (exact) mass is 332 g/mol. The molecule has 6 heteroatoms. The van der Waals surface area contributed by atoms with Gasteiger partial charge in [-0.3, -0.25) is 4.79 Å². The van der Waals surface area contributed by atoms with E-state index in [-0.39, 0.29) is 23.7 Å². The second kappa shape index (κ2) is 9.41. The van der Waals surface area contributed by atoms with Crippen molar-refractivity contribution in [1.29, 1.82) is 0 Å². The van der Waals surface area contributed by atoms with E-state index >= 15 is 0 Å². The summed E-state index contributed by atoms with van der Waals surface area (Å²) < 4.78 is 5.36. The molecule has 0 spiro atoms. The fourth-order valence-corrected chi connectivity index (χ4v) is 3.41. The van der Waals surface area contributed by atoms with Crippen LogP contribution in [0.4, 0.5) is 0 Å². The largest absolute Gasteiger partial charge is 0.384 e. The maximum absolute atomic E-state index is 12.0. The molecule has 1 fully saturated rings. The van der Waals surface area contributed by atoms with Gasteiger partial charge in [-0.2, -0.15) is 11.3 Å². The number of aryl methyl sites for hydroxylation is 1. The van der Waals surface area contributed by atoms with Crippen molar-refractivity contribution in [1.82, 2.24) is 10.6 Å². The van der Waals surface area contributed by atoms with Gasteiger partial charge in [-0.15, -0.1) is 12.4 Å². The molecule has 1 saturated heterocycles. The number of piperidine rings is 1. The minimum absolute atomic E-state index is 0. The van der Waals surface area contributed by atoms with Crippen LogP contribution in [0.15, 0.2) is 16.8 Å². The summed E-state index contributed by atoms with van der Waals surface area (Å²) in [6.45, 7) is 3.47. The van der Waals surface area contributed by atoms with Crippen molar-refractivity contribution >= 4 is 29.7 Å². The Morgan fingerprint density at radius 3 is 2.86 bits per heavy atom. The summed E-state index contributed by atoms with van der Waals surface area (Å²) in [5, 5.41) is 10.6. The summed E-state index contributed by atoms with van der Waals surface area (Å²) in [7, 11) is 1.74. The Morgan fingerprint density at radius 1 is 1.48 bits per heavy atom. The van der Waals surface area contributed by atoms with Crippen molar-refractivity contribution in [3.05, 3.63) is 22.4 Å². The minimum Gasteiger partial charge on any atom is -0.384 e. The lowest BCUT2D eigenvalue weighted by atomic mass is 9.79. The number of hydrogen-bond donors (Lipinski definition) is 2. The van der Waals surface area contributed by atoms with Gasteiger partial charge in [-0.05, 0) is 54.7 Å². The second-order valence-electron chi connectivity index (χ2n) is 5.59. The van der Waals surface area contributed by atoms with Gasteiger partial charge in [0.1, 0.15) is 0 Å². The van der Waals surface area contributed by atoms with Crippen molar-refractivity contribution in [2.24, 2.45) is 5.41 Å². The molecular weight excluding hydrogens is 308 g/mol. The fraction of sp³-hybridized carbons (Fsp3) is 0.667. The maximum atomic E-state index is 12.0. The number of amides is 1. The molecule has 0 atom stereocenters. The normalized spacial score (nSPS) is 17.0. The average molecular weight is 333 g/mol. The number of hydrogen-bond acceptors (Lipinski definition) is 4. The van der Waals surface area contributed by atoms with Gasteiger partial charge in [0.2, 0.25) is 5.91 Å². The molecule has 21 heavy (non-hydrogen) atoms. The Hall–Kier alpha value is -0.620. The molecule has 2 N–H and O–H groups in total. The van der Waals surface area contributed by atoms with Crippen LogP contribution < -0.4 is 10.6 Å². The van der Waals surface area contributed by atoms with Crippen molar-refractivity contribution in [2.75, 3.05) is 33.4 Å². The molecule has 4 nitrogen and oxygen atoms in total. The molecule has 0 bridgehead atoms. The molecular formula is C15H25ClN2O2S. The molecule has 1 aliphatic heterocycles. The molecule has 1 aromatic rings. The van der Waals surface area contributed by atoms with E-state index < -0.39 is 0 Å². The Kier molecular flexibility index (Phi) is 8.26. The third-order valence-corrected chi connectivity index (χ3v) is 4.73. The zero-order chi connectivity index (χ0) is 14.3. The van der Waals surface area contributed by atoms with Crippen molar-refractivity contribution in [3.8, 4) is 0 Å². The fourth-order valence-electron chi connectivity index (χ4n) is 2.70. The van der Waals surface area contributed by atoms with Gasteiger partial charge >= 0.3 is 0 Å². The van der Waals surface area contributed by atoms with Crippen LogP contribution in [0.2, 0.25) is 0 Å². The smallest absolute Gasteiger partial charge is 0.220 e. The highest BCUT2D eigenvalue weighted by molar-refractivity contribution is 7.07. The van der Waals surface area contributed by atoms with Gasteiger partial charge in [-0.25, -0.2) is 0 Å². The molecule has 2 rings (SSSR count). The number of nitrogens with one attached hydrogen (secondary N) is 2. The SMILES string of the molecule is COCC1(CNC(=O)CCc2ccsc2)CCNCC1.Cl. The highest BCUT2D eigenvalue weighted by Gasteiger charge is 2.32. The lowest BCUT2D eigenvalue weighted by Gasteiger charge is -2.37. The molecule has 0 aromatic carbocycles. The van der Waals surface area contributed by atoms with E-state index in [4.69, 9.17) is 4.74 Å². The van der Waals surface area contributed by atoms with Crippen molar-refractivity contribution in [2.45, 2.75) is 25.7 Å². The number of carbonyl (C=O) groups is 1. The van der Waals surface area contributed by atoms with Crippen LogP contribution in [0, 0.1) is 5.41 Å². The minimum atomic E-state index is 0. The number of methoxy groups -OCH3 is 1. The molecule has 2 heterocycles. The summed E-state index contributed by atoms with van der Waals surface area (Å²) in [5.74, 6) is 0.144. The van der Waals surface area contributed by atoms with Gasteiger partial charge in [-0.1, -0.05) is 0 Å². The Labute approximate surface area is 137 Å². The first kappa shape index (κ1) is 18.4. The van der Waals surface area contributed by atoms with Crippen molar-refractivity contribution in [3.63, 3.8) is 0 Å². The van der Waals surface area contributed by atoms with E-state index in [2.05, 4.69) is 27.5 Å². The van der Waals surface area contributed by atoms with Crippen LogP contribution in [0.5, 0.6) is 0 Å². The molecule has 1 aromatic heterocycles. The van der Waals surface area contributed by atoms with Crippen LogP contribution in [0.1, 0.15) is 24.8 Å². The van der Waals surface area contributed by atoms with Crippen LogP contribution in [0.3, 0.4) is 0 Å². The standard InChI is InChI=1S/C15H24N2O2S.ClH/c1-19-12-15(5-7-16-8-6-15)11-17-14(18)3-2-13-4-9-20-10-13;/h4,9-10,16H,2-3,5-8,11-12H2,1H3,(H,17,18);1H. The van der Waals surface area contributed by atoms with Gasteiger partial charge < -0.3 is 15.4 Å². The lowest BCUT2D eigenvalue weighted by Crippen LogP contribution is -2.47. The highest BCUT2D eigenvalue weighted by atomic mass is 35.5. The van der Waals surface area contributed by atoms with E-state index in [9.17, 15) is 4.79 Å². The van der Waals surface area contributed by atoms with Crippen LogP contribution >= 0.6 is 23.7 Å². The lowest BCUT2D eigenvalue weighted by molar-refractivity contribution is -0.122. The van der Waals surface area contributed by atoms with Crippen LogP contribution in [0.25, 0.3) is 0 Å². The second-order valence-corrected chi connectivity index (χ2v) is 6.37. The number of rotatable bonds is 7. The van der Waals surface area contributed by atoms with Crippen LogP contribution in [-0.4, -0.2) is 39.3 Å². The molecule has 0 unspecified atom stereocenters. The van der Waals surface area contributed by atoms with Gasteiger partial charge in [0.15, 0.2) is 0 Å². The van der Waals surface area contributed by atoms with Gasteiger partial charge in [0, 0.05) is 25.5 Å². The number of halogens is 1. The van der Waals surface area contributed by atoms with E-state index in [0.29, 0.717) is 6.42 Å². The summed E-state index contributed by atoms with van der Waals surface area (Å²) >= 11 is 1.68. The third-order valence-electron chi connectivity index (χ3n) is 4.00. The zero-order valence-corrected chi connectivity index (χ0v) is 14.2. The van der Waals surface area contributed by atoms with E-state index in [0.717, 1.165) is 45.5 Å². The van der Waals surface area contributed by atoms with E-state index in [1.54, 1.807) is 18.4 Å². The quantitative estimate of drug-likeness (QED) is 0.805. The molecule has 0 radical (unpaired) electrons. The summed E-state index contributed by atoms with van der Waals surface area (Å²) in [6, 6.07) is 2.08. The first-order valence-corrected chi connectivity index (χ1v) is 8.16. The number of thiophene rings is 1. The molecule has 120 valence electrons. The predicted octanol–water partition coefficient (Wildman–Crippen LogP) is 2.23. The zero-order valence-electron chi connectivity index (χ0n) is 12.5. The maximum Gasteiger partial charge on any atom is 0.220 e. The third kappa shape index (κ3) is 5.94. The molecule has 1 aliphatic rings. The highest BCUT2D eigenvalue weighted by Crippen LogP contribution is 2.28. The topological polar surface area (TPSA) is 50.4 Å². The molecule has 0 aliphatic carbocycles. The number of carbonyl (C=O) groups excluding carboxylic acids is 1. The Balaban J connectivity index is 0.00000220. The summed E-state index contributed by atoms with van der Waals surface area (Å²) in [4.78, 5) is 12.0. The van der Waals surface area contributed by atoms with Crippen molar-refractivity contribution < 1.29 is 9.53 Å².